The third-order valence-electron chi connectivity index (χ3n) is 4.87. The molecule has 0 fully saturated rings. The van der Waals surface area contributed by atoms with E-state index in [0.29, 0.717) is 23.5 Å². The minimum absolute atomic E-state index is 0.185. The maximum absolute atomic E-state index is 13.4. The van der Waals surface area contributed by atoms with Gasteiger partial charge in [0.1, 0.15) is 18.2 Å². The van der Waals surface area contributed by atoms with Crippen molar-refractivity contribution in [3.63, 3.8) is 0 Å². The van der Waals surface area contributed by atoms with Crippen molar-refractivity contribution in [1.82, 2.24) is 4.90 Å². The van der Waals surface area contributed by atoms with Gasteiger partial charge in [0.2, 0.25) is 0 Å². The molecule has 3 aromatic carbocycles. The Kier molecular flexibility index (Phi) is 7.37. The fourth-order valence-electron chi connectivity index (χ4n) is 3.38. The van der Waals surface area contributed by atoms with Gasteiger partial charge in [-0.05, 0) is 75.0 Å². The van der Waals surface area contributed by atoms with Crippen LogP contribution in [-0.4, -0.2) is 37.9 Å². The third-order valence-corrected chi connectivity index (χ3v) is 4.87. The van der Waals surface area contributed by atoms with Crippen LogP contribution in [0.2, 0.25) is 0 Å². The van der Waals surface area contributed by atoms with Gasteiger partial charge >= 0.3 is 0 Å². The number of allylic oxidation sites excluding steroid dienone is 1. The Hall–Kier alpha value is -3.24. The lowest BCUT2D eigenvalue weighted by molar-refractivity contribution is 0.104. The number of carbonyl (C=O) groups is 1. The predicted octanol–water partition coefficient (Wildman–Crippen LogP) is 5.95. The maximum Gasteiger partial charge on any atom is 0.189 e. The molecule has 0 spiro atoms. The number of benzene rings is 3. The molecule has 0 unspecified atom stereocenters. The highest BCUT2D eigenvalue weighted by molar-refractivity contribution is 6.09. The second-order valence-electron chi connectivity index (χ2n) is 7.99. The van der Waals surface area contributed by atoms with Crippen molar-refractivity contribution in [2.75, 3.05) is 27.2 Å². The van der Waals surface area contributed by atoms with Crippen LogP contribution in [0.15, 0.2) is 66.7 Å². The molecule has 0 bridgehead atoms. The smallest absolute Gasteiger partial charge is 0.189 e. The van der Waals surface area contributed by atoms with Gasteiger partial charge in [0.25, 0.3) is 0 Å². The van der Waals surface area contributed by atoms with Crippen molar-refractivity contribution in [2.45, 2.75) is 13.8 Å². The molecular formula is C27H28FNO2. The second-order valence-corrected chi connectivity index (χ2v) is 7.99. The minimum atomic E-state index is -0.334. The van der Waals surface area contributed by atoms with Crippen molar-refractivity contribution in [3.05, 3.63) is 94.8 Å². The zero-order valence-corrected chi connectivity index (χ0v) is 18.5. The zero-order valence-electron chi connectivity index (χ0n) is 18.5. The number of halogens is 1. The molecule has 0 aliphatic carbocycles. The molecule has 3 rings (SSSR count). The van der Waals surface area contributed by atoms with Crippen LogP contribution in [0.25, 0.3) is 17.2 Å². The van der Waals surface area contributed by atoms with Gasteiger partial charge in [0, 0.05) is 6.54 Å². The molecule has 0 saturated carbocycles. The molecule has 0 aliphatic rings. The molecule has 0 atom stereocenters. The number of rotatable bonds is 8. The quantitative estimate of drug-likeness (QED) is 0.335. The Labute approximate surface area is 183 Å². The van der Waals surface area contributed by atoms with Gasteiger partial charge in [-0.25, -0.2) is 4.39 Å². The fourth-order valence-corrected chi connectivity index (χ4v) is 3.38. The first-order chi connectivity index (χ1) is 14.8. The molecule has 0 amide bonds. The van der Waals surface area contributed by atoms with Gasteiger partial charge in [-0.15, -0.1) is 0 Å². The summed E-state index contributed by atoms with van der Waals surface area (Å²) in [6.07, 6.45) is 3.09. The van der Waals surface area contributed by atoms with E-state index in [2.05, 4.69) is 32.0 Å². The van der Waals surface area contributed by atoms with E-state index in [1.165, 1.54) is 29.3 Å². The van der Waals surface area contributed by atoms with Crippen LogP contribution in [0, 0.1) is 19.7 Å². The van der Waals surface area contributed by atoms with E-state index < -0.39 is 0 Å². The van der Waals surface area contributed by atoms with Crippen LogP contribution in [0.4, 0.5) is 4.39 Å². The summed E-state index contributed by atoms with van der Waals surface area (Å²) in [5, 5.41) is 0. The van der Waals surface area contributed by atoms with E-state index in [0.717, 1.165) is 17.7 Å². The molecular weight excluding hydrogens is 389 g/mol. The van der Waals surface area contributed by atoms with Gasteiger partial charge in [0.15, 0.2) is 5.78 Å². The summed E-state index contributed by atoms with van der Waals surface area (Å²) >= 11 is 0. The highest BCUT2D eigenvalue weighted by atomic mass is 19.1. The molecule has 4 heteroatoms. The lowest BCUT2D eigenvalue weighted by Gasteiger charge is -2.14. The molecule has 0 saturated heterocycles. The molecule has 3 nitrogen and oxygen atoms in total. The number of hydrogen-bond donors (Lipinski definition) is 0. The maximum atomic E-state index is 13.4. The lowest BCUT2D eigenvalue weighted by atomic mass is 9.97. The van der Waals surface area contributed by atoms with Crippen molar-refractivity contribution in [3.8, 4) is 16.9 Å². The Balaban J connectivity index is 1.95. The fraction of sp³-hybridized carbons (Fsp3) is 0.222. The second kappa shape index (κ2) is 10.2. The molecule has 0 N–H and O–H groups in total. The number of hydrogen-bond acceptors (Lipinski definition) is 3. The molecule has 0 aliphatic heterocycles. The van der Waals surface area contributed by atoms with Gasteiger partial charge in [-0.3, -0.25) is 4.79 Å². The average molecular weight is 418 g/mol. The summed E-state index contributed by atoms with van der Waals surface area (Å²) in [6.45, 7) is 5.33. The highest BCUT2D eigenvalue weighted by Crippen LogP contribution is 2.29. The Morgan fingerprint density at radius 3 is 2.39 bits per heavy atom. The Morgan fingerprint density at radius 2 is 1.71 bits per heavy atom. The van der Waals surface area contributed by atoms with Crippen LogP contribution in [0.1, 0.15) is 27.0 Å². The summed E-state index contributed by atoms with van der Waals surface area (Å²) in [5.74, 6) is 0.0262. The topological polar surface area (TPSA) is 29.5 Å². The summed E-state index contributed by atoms with van der Waals surface area (Å²) in [5.41, 5.74) is 5.46. The van der Waals surface area contributed by atoms with Crippen LogP contribution < -0.4 is 4.74 Å². The van der Waals surface area contributed by atoms with Gasteiger partial charge in [-0.1, -0.05) is 53.6 Å². The van der Waals surface area contributed by atoms with Crippen LogP contribution in [0.5, 0.6) is 5.75 Å². The first-order valence-corrected chi connectivity index (χ1v) is 10.3. The summed E-state index contributed by atoms with van der Waals surface area (Å²) in [7, 11) is 3.95. The Morgan fingerprint density at radius 1 is 0.968 bits per heavy atom. The first kappa shape index (κ1) is 22.4. The standard InChI is InChI=1S/C27H28FNO2/c1-19-14-20(2)16-23(15-19)22-9-11-27(31-13-12-29(3)4)25(18-22)26(30)10-8-21-6-5-7-24(28)17-21/h5-11,14-18H,12-13H2,1-4H3/b10-8+. The molecule has 31 heavy (non-hydrogen) atoms. The van der Waals surface area contributed by atoms with Crippen molar-refractivity contribution >= 4 is 11.9 Å². The summed E-state index contributed by atoms with van der Waals surface area (Å²) in [6, 6.07) is 18.2. The van der Waals surface area contributed by atoms with E-state index >= 15 is 0 Å². The van der Waals surface area contributed by atoms with E-state index in [4.69, 9.17) is 4.74 Å². The van der Waals surface area contributed by atoms with E-state index in [9.17, 15) is 9.18 Å². The number of aryl methyl sites for hydroxylation is 2. The van der Waals surface area contributed by atoms with Crippen LogP contribution in [0.3, 0.4) is 0 Å². The first-order valence-electron chi connectivity index (χ1n) is 10.3. The van der Waals surface area contributed by atoms with Crippen LogP contribution in [-0.2, 0) is 0 Å². The van der Waals surface area contributed by atoms with Gasteiger partial charge < -0.3 is 9.64 Å². The van der Waals surface area contributed by atoms with Crippen molar-refractivity contribution < 1.29 is 13.9 Å². The SMILES string of the molecule is Cc1cc(C)cc(-c2ccc(OCCN(C)C)c(C(=O)/C=C/c3cccc(F)c3)c2)c1. The normalized spacial score (nSPS) is 11.3. The Bertz CT molecular complexity index is 1080. The van der Waals surface area contributed by atoms with E-state index in [-0.39, 0.29) is 11.6 Å². The molecule has 3 aromatic rings. The van der Waals surface area contributed by atoms with Crippen LogP contribution >= 0.6 is 0 Å². The van der Waals surface area contributed by atoms with E-state index in [1.54, 1.807) is 18.2 Å². The monoisotopic (exact) mass is 417 g/mol. The number of carbonyl (C=O) groups excluding carboxylic acids is 1. The minimum Gasteiger partial charge on any atom is -0.491 e. The summed E-state index contributed by atoms with van der Waals surface area (Å²) in [4.78, 5) is 15.1. The number of likely N-dealkylation sites (N-methyl/N-ethyl adjacent to an activating group) is 1. The largest absolute Gasteiger partial charge is 0.491 e. The summed E-state index contributed by atoms with van der Waals surface area (Å²) < 4.78 is 19.4. The molecule has 160 valence electrons. The zero-order chi connectivity index (χ0) is 22.4. The highest BCUT2D eigenvalue weighted by Gasteiger charge is 2.13. The number of nitrogens with zero attached hydrogens (tertiary/aromatic N) is 1. The average Bonchev–Trinajstić information content (AvgIpc) is 2.71. The third kappa shape index (κ3) is 6.37. The predicted molar refractivity (Wildman–Crippen MR) is 125 cm³/mol. The van der Waals surface area contributed by atoms with Gasteiger partial charge in [0.05, 0.1) is 5.56 Å². The lowest BCUT2D eigenvalue weighted by Crippen LogP contribution is -2.20. The molecule has 0 aromatic heterocycles. The van der Waals surface area contributed by atoms with Gasteiger partial charge in [-0.2, -0.15) is 0 Å². The number of ether oxygens (including phenoxy) is 1. The molecule has 0 heterocycles. The van der Waals surface area contributed by atoms with E-state index in [1.807, 2.05) is 37.2 Å². The number of ketones is 1. The van der Waals surface area contributed by atoms with Crippen molar-refractivity contribution in [1.29, 1.82) is 0 Å². The van der Waals surface area contributed by atoms with Crippen molar-refractivity contribution in [2.24, 2.45) is 0 Å². The molecule has 0 radical (unpaired) electrons.